The Labute approximate surface area is 132 Å². The third kappa shape index (κ3) is 5.61. The molecule has 0 atom stereocenters. The normalized spacial score (nSPS) is 11.4. The summed E-state index contributed by atoms with van der Waals surface area (Å²) in [6, 6.07) is 15.1. The Morgan fingerprint density at radius 1 is 0.905 bits per heavy atom. The summed E-state index contributed by atoms with van der Waals surface area (Å²) in [7, 11) is 0. The molecule has 0 radical (unpaired) electrons. The van der Waals surface area contributed by atoms with Crippen molar-refractivity contribution < 1.29 is 17.9 Å². The van der Waals surface area contributed by atoms with E-state index in [4.69, 9.17) is 4.74 Å². The predicted octanol–water partition coefficient (Wildman–Crippen LogP) is 3.92. The molecule has 0 amide bonds. The second-order valence-corrected chi connectivity index (χ2v) is 7.72. The summed E-state index contributed by atoms with van der Waals surface area (Å²) in [5.41, 5.74) is -0.578. The Morgan fingerprint density at radius 3 is 2.19 bits per heavy atom. The van der Waals surface area contributed by atoms with Crippen molar-refractivity contribution in [1.29, 1.82) is 0 Å². The molecule has 5 heteroatoms. The first-order valence-electron chi connectivity index (χ1n) is 6.53. The summed E-state index contributed by atoms with van der Waals surface area (Å²) >= 11 is -0.437. The van der Waals surface area contributed by atoms with Crippen LogP contribution in [-0.2, 0) is 6.18 Å². The molecule has 0 N–H and O–H groups in total. The summed E-state index contributed by atoms with van der Waals surface area (Å²) in [6.45, 7) is 0.648. The zero-order valence-electron chi connectivity index (χ0n) is 11.3. The van der Waals surface area contributed by atoms with Crippen molar-refractivity contribution in [2.24, 2.45) is 0 Å². The van der Waals surface area contributed by atoms with Gasteiger partial charge in [0.15, 0.2) is 0 Å². The van der Waals surface area contributed by atoms with Crippen LogP contribution in [0, 0.1) is 0 Å². The number of rotatable bonds is 6. The fourth-order valence-corrected chi connectivity index (χ4v) is 4.05. The van der Waals surface area contributed by atoms with Gasteiger partial charge in [0.05, 0.1) is 0 Å². The molecule has 1 nitrogen and oxygen atoms in total. The summed E-state index contributed by atoms with van der Waals surface area (Å²) < 4.78 is 44.9. The Morgan fingerprint density at radius 2 is 1.57 bits per heavy atom. The molecule has 0 heterocycles. The van der Waals surface area contributed by atoms with E-state index in [-0.39, 0.29) is 0 Å². The van der Waals surface area contributed by atoms with Gasteiger partial charge in [-0.1, -0.05) is 0 Å². The molecule has 0 spiro atoms. The average molecular weight is 408 g/mol. The van der Waals surface area contributed by atoms with Crippen molar-refractivity contribution in [1.82, 2.24) is 0 Å². The van der Waals surface area contributed by atoms with E-state index >= 15 is 0 Å². The van der Waals surface area contributed by atoms with E-state index in [0.717, 1.165) is 20.3 Å². The Hall–Kier alpha value is -1.18. The molecule has 112 valence electrons. The molecule has 2 aromatic rings. The van der Waals surface area contributed by atoms with E-state index in [1.165, 1.54) is 12.1 Å². The SMILES string of the molecule is FC(F)(F)c1ccc([Te]CCCOc2ccccc2)cc1. The molecule has 2 rings (SSSR count). The van der Waals surface area contributed by atoms with Crippen LogP contribution in [-0.4, -0.2) is 27.5 Å². The first-order valence-corrected chi connectivity index (χ1v) is 9.35. The van der Waals surface area contributed by atoms with Gasteiger partial charge in [-0.25, -0.2) is 0 Å². The van der Waals surface area contributed by atoms with Crippen molar-refractivity contribution >= 4 is 24.5 Å². The molecular formula is C16H15F3OTe. The summed E-state index contributed by atoms with van der Waals surface area (Å²) in [4.78, 5) is 0. The van der Waals surface area contributed by atoms with Gasteiger partial charge in [0, 0.05) is 0 Å². The van der Waals surface area contributed by atoms with Crippen LogP contribution in [0.25, 0.3) is 0 Å². The number of ether oxygens (including phenoxy) is 1. The van der Waals surface area contributed by atoms with Crippen LogP contribution >= 0.6 is 0 Å². The second kappa shape index (κ2) is 7.72. The van der Waals surface area contributed by atoms with E-state index < -0.39 is 32.7 Å². The maximum absolute atomic E-state index is 12.4. The van der Waals surface area contributed by atoms with E-state index in [1.54, 1.807) is 12.1 Å². The van der Waals surface area contributed by atoms with Gasteiger partial charge in [-0.3, -0.25) is 0 Å². The Balaban J connectivity index is 1.69. The molecule has 0 aromatic heterocycles. The minimum atomic E-state index is -4.25. The molecule has 21 heavy (non-hydrogen) atoms. The van der Waals surface area contributed by atoms with Crippen molar-refractivity contribution in [2.45, 2.75) is 17.1 Å². The van der Waals surface area contributed by atoms with Crippen LogP contribution in [0.1, 0.15) is 12.0 Å². The zero-order valence-corrected chi connectivity index (χ0v) is 13.6. The van der Waals surface area contributed by atoms with Gasteiger partial charge < -0.3 is 0 Å². The molecule has 0 aliphatic heterocycles. The van der Waals surface area contributed by atoms with Gasteiger partial charge in [0.1, 0.15) is 0 Å². The van der Waals surface area contributed by atoms with Crippen LogP contribution in [0.3, 0.4) is 0 Å². The fourth-order valence-electron chi connectivity index (χ4n) is 1.70. The zero-order chi connectivity index (χ0) is 15.1. The van der Waals surface area contributed by atoms with Crippen molar-refractivity contribution in [3.8, 4) is 5.75 Å². The molecule has 0 aliphatic carbocycles. The predicted molar refractivity (Wildman–Crippen MR) is 78.2 cm³/mol. The summed E-state index contributed by atoms with van der Waals surface area (Å²) in [6.07, 6.45) is -3.32. The monoisotopic (exact) mass is 410 g/mol. The number of benzene rings is 2. The van der Waals surface area contributed by atoms with Crippen molar-refractivity contribution in [2.75, 3.05) is 6.61 Å². The van der Waals surface area contributed by atoms with Crippen LogP contribution in [0.4, 0.5) is 13.2 Å². The number of alkyl halides is 3. The molecule has 2 aromatic carbocycles. The molecule has 0 saturated heterocycles. The van der Waals surface area contributed by atoms with Crippen LogP contribution in [0.2, 0.25) is 4.47 Å². The molecule has 0 unspecified atom stereocenters. The Kier molecular flexibility index (Phi) is 5.95. The van der Waals surface area contributed by atoms with Gasteiger partial charge >= 0.3 is 132 Å². The summed E-state index contributed by atoms with van der Waals surface area (Å²) in [5, 5.41) is 0. The number of para-hydroxylation sites is 1. The first kappa shape index (κ1) is 16.2. The van der Waals surface area contributed by atoms with Crippen LogP contribution in [0.5, 0.6) is 5.75 Å². The van der Waals surface area contributed by atoms with E-state index in [0.29, 0.717) is 6.61 Å². The molecular weight excluding hydrogens is 393 g/mol. The molecule has 0 aliphatic rings. The van der Waals surface area contributed by atoms with Gasteiger partial charge in [-0.2, -0.15) is 0 Å². The average Bonchev–Trinajstić information content (AvgIpc) is 2.47. The molecule has 0 bridgehead atoms. The summed E-state index contributed by atoms with van der Waals surface area (Å²) in [5.74, 6) is 0.854. The van der Waals surface area contributed by atoms with E-state index in [2.05, 4.69) is 0 Å². The van der Waals surface area contributed by atoms with E-state index in [1.807, 2.05) is 30.3 Å². The number of hydrogen-bond donors (Lipinski definition) is 0. The van der Waals surface area contributed by atoms with Crippen LogP contribution < -0.4 is 8.35 Å². The van der Waals surface area contributed by atoms with E-state index in [9.17, 15) is 13.2 Å². The topological polar surface area (TPSA) is 9.23 Å². The minimum absolute atomic E-state index is 0.437. The molecule has 0 fully saturated rings. The van der Waals surface area contributed by atoms with Gasteiger partial charge in [-0.15, -0.1) is 0 Å². The van der Waals surface area contributed by atoms with Gasteiger partial charge in [0.2, 0.25) is 0 Å². The standard InChI is InChI=1S/C16H15F3OTe/c17-16(18,19)13-7-9-15(10-8-13)21-12-4-11-20-14-5-2-1-3-6-14/h1-3,5-10H,4,11-12H2. The number of hydrogen-bond acceptors (Lipinski definition) is 1. The third-order valence-electron chi connectivity index (χ3n) is 2.75. The second-order valence-electron chi connectivity index (χ2n) is 4.39. The van der Waals surface area contributed by atoms with Crippen molar-refractivity contribution in [3.63, 3.8) is 0 Å². The Bertz CT molecular complexity index is 538. The maximum atomic E-state index is 12.4. The quantitative estimate of drug-likeness (QED) is 0.521. The van der Waals surface area contributed by atoms with Crippen molar-refractivity contribution in [3.05, 3.63) is 60.2 Å². The third-order valence-corrected chi connectivity index (χ3v) is 5.89. The fraction of sp³-hybridized carbons (Fsp3) is 0.250. The van der Waals surface area contributed by atoms with Crippen LogP contribution in [0.15, 0.2) is 54.6 Å². The molecule has 0 saturated carbocycles. The van der Waals surface area contributed by atoms with Gasteiger partial charge in [-0.05, 0) is 0 Å². The first-order chi connectivity index (χ1) is 10.1. The number of halogens is 3. The van der Waals surface area contributed by atoms with Gasteiger partial charge in [0.25, 0.3) is 0 Å².